The van der Waals surface area contributed by atoms with Crippen molar-refractivity contribution >= 4 is 23.2 Å². The summed E-state index contributed by atoms with van der Waals surface area (Å²) in [5.74, 6) is -0.154. The molecule has 1 aromatic rings. The number of morpholine rings is 1. The Morgan fingerprint density at radius 3 is 3.24 bits per heavy atom. The van der Waals surface area contributed by atoms with Crippen molar-refractivity contribution in [3.8, 4) is 0 Å². The fourth-order valence-electron chi connectivity index (χ4n) is 1.59. The summed E-state index contributed by atoms with van der Waals surface area (Å²) in [5.41, 5.74) is 1.47. The smallest absolute Gasteiger partial charge is 0.243 e. The lowest BCUT2D eigenvalue weighted by atomic mass is 10.2. The summed E-state index contributed by atoms with van der Waals surface area (Å²) in [6.07, 6.45) is 1.65. The number of amides is 1. The molecule has 0 aliphatic carbocycles. The number of hydrogen-bond acceptors (Lipinski definition) is 4. The van der Waals surface area contributed by atoms with Gasteiger partial charge < -0.3 is 15.4 Å². The molecule has 1 amide bonds. The van der Waals surface area contributed by atoms with Crippen LogP contribution in [-0.2, 0) is 9.53 Å². The van der Waals surface area contributed by atoms with E-state index in [1.165, 1.54) is 0 Å². The van der Waals surface area contributed by atoms with Crippen LogP contribution in [0.2, 0.25) is 5.15 Å². The maximum absolute atomic E-state index is 11.9. The fourth-order valence-corrected chi connectivity index (χ4v) is 1.74. The quantitative estimate of drug-likeness (QED) is 0.773. The van der Waals surface area contributed by atoms with Crippen LogP contribution in [0.4, 0.5) is 5.69 Å². The van der Waals surface area contributed by atoms with Gasteiger partial charge in [0.05, 0.1) is 18.9 Å². The number of carbonyl (C=O) groups is 1. The molecule has 1 saturated heterocycles. The van der Waals surface area contributed by atoms with Crippen LogP contribution in [0.5, 0.6) is 0 Å². The second kappa shape index (κ2) is 5.44. The standard InChI is InChI=1S/C11H14ClN3O2/c1-7-4-8(10(12)14-5-7)15-11(16)9-6-17-3-2-13-9/h4-5,9,13H,2-3,6H2,1H3,(H,15,16). The van der Waals surface area contributed by atoms with Crippen molar-refractivity contribution in [1.82, 2.24) is 10.3 Å². The van der Waals surface area contributed by atoms with E-state index in [1.807, 2.05) is 6.92 Å². The van der Waals surface area contributed by atoms with Crippen LogP contribution in [0.25, 0.3) is 0 Å². The van der Waals surface area contributed by atoms with Gasteiger partial charge >= 0.3 is 0 Å². The van der Waals surface area contributed by atoms with Crippen LogP contribution in [0.3, 0.4) is 0 Å². The Labute approximate surface area is 105 Å². The van der Waals surface area contributed by atoms with Gasteiger partial charge in [0.25, 0.3) is 0 Å². The van der Waals surface area contributed by atoms with Gasteiger partial charge in [0.2, 0.25) is 5.91 Å². The van der Waals surface area contributed by atoms with Gasteiger partial charge in [0.1, 0.15) is 6.04 Å². The minimum absolute atomic E-state index is 0.154. The van der Waals surface area contributed by atoms with E-state index >= 15 is 0 Å². The lowest BCUT2D eigenvalue weighted by Gasteiger charge is -2.23. The molecular weight excluding hydrogens is 242 g/mol. The van der Waals surface area contributed by atoms with E-state index in [9.17, 15) is 4.79 Å². The Balaban J connectivity index is 2.04. The predicted octanol–water partition coefficient (Wildman–Crippen LogP) is 0.970. The third kappa shape index (κ3) is 3.15. The van der Waals surface area contributed by atoms with Gasteiger partial charge in [-0.2, -0.15) is 0 Å². The summed E-state index contributed by atoms with van der Waals surface area (Å²) in [4.78, 5) is 15.9. The lowest BCUT2D eigenvalue weighted by Crippen LogP contribution is -2.48. The van der Waals surface area contributed by atoms with Crippen molar-refractivity contribution in [3.63, 3.8) is 0 Å². The molecule has 6 heteroatoms. The summed E-state index contributed by atoms with van der Waals surface area (Å²) in [7, 11) is 0. The van der Waals surface area contributed by atoms with Crippen molar-refractivity contribution in [2.45, 2.75) is 13.0 Å². The van der Waals surface area contributed by atoms with Crippen LogP contribution in [0, 0.1) is 6.92 Å². The number of anilines is 1. The average Bonchev–Trinajstić information content (AvgIpc) is 2.35. The molecule has 0 saturated carbocycles. The number of nitrogens with zero attached hydrogens (tertiary/aromatic N) is 1. The van der Waals surface area contributed by atoms with E-state index in [0.29, 0.717) is 30.6 Å². The zero-order chi connectivity index (χ0) is 12.3. The number of nitrogens with one attached hydrogen (secondary N) is 2. The third-order valence-corrected chi connectivity index (χ3v) is 2.77. The van der Waals surface area contributed by atoms with Gasteiger partial charge in [-0.1, -0.05) is 11.6 Å². The number of ether oxygens (including phenoxy) is 1. The van der Waals surface area contributed by atoms with Crippen molar-refractivity contribution in [1.29, 1.82) is 0 Å². The molecule has 1 atom stereocenters. The Morgan fingerprint density at radius 1 is 1.71 bits per heavy atom. The number of hydrogen-bond donors (Lipinski definition) is 2. The van der Waals surface area contributed by atoms with Crippen LogP contribution in [0.1, 0.15) is 5.56 Å². The van der Waals surface area contributed by atoms with E-state index in [0.717, 1.165) is 5.56 Å². The van der Waals surface area contributed by atoms with Crippen molar-refractivity contribution in [3.05, 3.63) is 23.0 Å². The monoisotopic (exact) mass is 255 g/mol. The summed E-state index contributed by atoms with van der Waals surface area (Å²) >= 11 is 5.90. The molecule has 17 heavy (non-hydrogen) atoms. The first-order valence-electron chi connectivity index (χ1n) is 5.41. The summed E-state index contributed by atoms with van der Waals surface area (Å²) in [6.45, 7) is 3.58. The number of carbonyl (C=O) groups excluding carboxylic acids is 1. The van der Waals surface area contributed by atoms with Gasteiger partial charge in [-0.25, -0.2) is 4.98 Å². The molecular formula is C11H14ClN3O2. The molecule has 2 heterocycles. The van der Waals surface area contributed by atoms with E-state index < -0.39 is 0 Å². The molecule has 92 valence electrons. The first-order valence-corrected chi connectivity index (χ1v) is 5.79. The van der Waals surface area contributed by atoms with E-state index in [4.69, 9.17) is 16.3 Å². The SMILES string of the molecule is Cc1cnc(Cl)c(NC(=O)C2COCCN2)c1. The van der Waals surface area contributed by atoms with Gasteiger partial charge in [-0.05, 0) is 18.6 Å². The highest BCUT2D eigenvalue weighted by atomic mass is 35.5. The Bertz CT molecular complexity index is 419. The molecule has 1 aliphatic rings. The average molecular weight is 256 g/mol. The molecule has 1 fully saturated rings. The number of aromatic nitrogens is 1. The largest absolute Gasteiger partial charge is 0.378 e. The number of pyridine rings is 1. The van der Waals surface area contributed by atoms with Crippen LogP contribution >= 0.6 is 11.6 Å². The normalized spacial score (nSPS) is 20.0. The van der Waals surface area contributed by atoms with Gasteiger partial charge in [0.15, 0.2) is 5.15 Å². The van der Waals surface area contributed by atoms with Crippen LogP contribution in [-0.4, -0.2) is 36.7 Å². The second-order valence-corrected chi connectivity index (χ2v) is 4.28. The Kier molecular flexibility index (Phi) is 3.93. The molecule has 0 spiro atoms. The van der Waals surface area contributed by atoms with Crippen molar-refractivity contribution in [2.24, 2.45) is 0 Å². The lowest BCUT2D eigenvalue weighted by molar-refractivity contribution is -0.120. The maximum Gasteiger partial charge on any atom is 0.243 e. The molecule has 0 aromatic carbocycles. The van der Waals surface area contributed by atoms with Gasteiger partial charge in [-0.3, -0.25) is 4.79 Å². The van der Waals surface area contributed by atoms with Crippen LogP contribution in [0.15, 0.2) is 12.3 Å². The molecule has 0 radical (unpaired) electrons. The van der Waals surface area contributed by atoms with Gasteiger partial charge in [-0.15, -0.1) is 0 Å². The third-order valence-electron chi connectivity index (χ3n) is 2.47. The van der Waals surface area contributed by atoms with Crippen molar-refractivity contribution in [2.75, 3.05) is 25.1 Å². The summed E-state index contributed by atoms with van der Waals surface area (Å²) in [5, 5.41) is 6.11. The maximum atomic E-state index is 11.9. The minimum atomic E-state index is -0.333. The second-order valence-electron chi connectivity index (χ2n) is 3.92. The fraction of sp³-hybridized carbons (Fsp3) is 0.455. The molecule has 1 aromatic heterocycles. The first-order chi connectivity index (χ1) is 8.16. The Hall–Kier alpha value is -1.17. The molecule has 0 bridgehead atoms. The van der Waals surface area contributed by atoms with E-state index in [2.05, 4.69) is 15.6 Å². The van der Waals surface area contributed by atoms with E-state index in [1.54, 1.807) is 12.3 Å². The molecule has 2 N–H and O–H groups in total. The highest BCUT2D eigenvalue weighted by molar-refractivity contribution is 6.32. The molecule has 5 nitrogen and oxygen atoms in total. The first kappa shape index (κ1) is 12.3. The highest BCUT2D eigenvalue weighted by Gasteiger charge is 2.21. The summed E-state index contributed by atoms with van der Waals surface area (Å²) < 4.78 is 5.22. The molecule has 1 aliphatic heterocycles. The van der Waals surface area contributed by atoms with Gasteiger partial charge in [0, 0.05) is 12.7 Å². The van der Waals surface area contributed by atoms with E-state index in [-0.39, 0.29) is 11.9 Å². The zero-order valence-electron chi connectivity index (χ0n) is 9.50. The minimum Gasteiger partial charge on any atom is -0.378 e. The molecule has 2 rings (SSSR count). The van der Waals surface area contributed by atoms with Crippen molar-refractivity contribution < 1.29 is 9.53 Å². The Morgan fingerprint density at radius 2 is 2.53 bits per heavy atom. The number of rotatable bonds is 2. The predicted molar refractivity (Wildman–Crippen MR) is 65.2 cm³/mol. The number of halogens is 1. The topological polar surface area (TPSA) is 63.2 Å². The number of aryl methyl sites for hydroxylation is 1. The highest BCUT2D eigenvalue weighted by Crippen LogP contribution is 2.19. The van der Waals surface area contributed by atoms with Crippen LogP contribution < -0.4 is 10.6 Å². The zero-order valence-corrected chi connectivity index (χ0v) is 10.3. The summed E-state index contributed by atoms with van der Waals surface area (Å²) in [6, 6.07) is 1.46. The molecule has 1 unspecified atom stereocenters.